The summed E-state index contributed by atoms with van der Waals surface area (Å²) in [5.41, 5.74) is 1.14. The van der Waals surface area contributed by atoms with Crippen molar-refractivity contribution in [1.82, 2.24) is 4.41 Å². The summed E-state index contributed by atoms with van der Waals surface area (Å²) >= 11 is 5.91. The van der Waals surface area contributed by atoms with Crippen LogP contribution in [0.25, 0.3) is 0 Å². The summed E-state index contributed by atoms with van der Waals surface area (Å²) in [5.74, 6) is -0.705. The van der Waals surface area contributed by atoms with Gasteiger partial charge in [-0.15, -0.1) is 0 Å². The molecule has 7 nitrogen and oxygen atoms in total. The van der Waals surface area contributed by atoms with Crippen LogP contribution in [0.1, 0.15) is 30.5 Å². The van der Waals surface area contributed by atoms with Gasteiger partial charge < -0.3 is 0 Å². The van der Waals surface area contributed by atoms with E-state index in [2.05, 4.69) is 9.82 Å². The second-order valence-electron chi connectivity index (χ2n) is 7.57. The molecule has 11 heteroatoms. The average molecular weight is 522 g/mol. The van der Waals surface area contributed by atoms with Crippen LogP contribution in [-0.2, 0) is 20.0 Å². The lowest BCUT2D eigenvalue weighted by atomic mass is 9.98. The Morgan fingerprint density at radius 3 is 2.32 bits per heavy atom. The van der Waals surface area contributed by atoms with Crippen LogP contribution in [-0.4, -0.2) is 32.7 Å². The van der Waals surface area contributed by atoms with Gasteiger partial charge in [-0.1, -0.05) is 48.0 Å². The van der Waals surface area contributed by atoms with Crippen LogP contribution >= 0.6 is 11.6 Å². The van der Waals surface area contributed by atoms with Crippen molar-refractivity contribution in [2.75, 3.05) is 10.5 Å². The monoisotopic (exact) mass is 521 g/mol. The Labute approximate surface area is 203 Å². The molecule has 0 fully saturated rings. The quantitative estimate of drug-likeness (QED) is 0.484. The highest BCUT2D eigenvalue weighted by molar-refractivity contribution is 7.92. The Hall–Kier alpha value is -2.95. The number of sulfonamides is 2. The van der Waals surface area contributed by atoms with Crippen LogP contribution in [0.4, 0.5) is 10.1 Å². The molecule has 3 aromatic carbocycles. The predicted octanol–water partition coefficient (Wildman–Crippen LogP) is 4.78. The summed E-state index contributed by atoms with van der Waals surface area (Å²) < 4.78 is 69.6. The molecular formula is C23H21ClFN3O4S2. The molecule has 0 radical (unpaired) electrons. The molecule has 0 saturated heterocycles. The van der Waals surface area contributed by atoms with Gasteiger partial charge in [-0.25, -0.2) is 12.8 Å². The fraction of sp³-hybridized carbons (Fsp3) is 0.174. The predicted molar refractivity (Wildman–Crippen MR) is 130 cm³/mol. The number of hydrogen-bond acceptors (Lipinski definition) is 5. The van der Waals surface area contributed by atoms with Crippen molar-refractivity contribution in [3.8, 4) is 0 Å². The molecule has 4 rings (SSSR count). The fourth-order valence-electron chi connectivity index (χ4n) is 3.63. The molecule has 0 saturated carbocycles. The number of hydrogen-bond donors (Lipinski definition) is 1. The molecule has 0 amide bonds. The van der Waals surface area contributed by atoms with E-state index in [0.29, 0.717) is 16.3 Å². The number of nitrogens with zero attached hydrogens (tertiary/aromatic N) is 2. The number of anilines is 1. The minimum Gasteiger partial charge on any atom is -0.283 e. The minimum absolute atomic E-state index is 0.0403. The first-order valence-corrected chi connectivity index (χ1v) is 13.8. The lowest BCUT2D eigenvalue weighted by Gasteiger charge is -2.23. The molecular weight excluding hydrogens is 501 g/mol. The van der Waals surface area contributed by atoms with Crippen molar-refractivity contribution in [3.05, 3.63) is 94.8 Å². The molecule has 1 N–H and O–H groups in total. The zero-order valence-electron chi connectivity index (χ0n) is 18.0. The first kappa shape index (κ1) is 24.2. The maximum absolute atomic E-state index is 14.8. The van der Waals surface area contributed by atoms with Gasteiger partial charge in [0, 0.05) is 22.6 Å². The van der Waals surface area contributed by atoms with E-state index < -0.39 is 31.9 Å². The Morgan fingerprint density at radius 1 is 1.00 bits per heavy atom. The lowest BCUT2D eigenvalue weighted by Crippen LogP contribution is -2.27. The molecule has 0 aromatic heterocycles. The number of halogens is 2. The van der Waals surface area contributed by atoms with Gasteiger partial charge in [-0.2, -0.15) is 17.9 Å². The second-order valence-corrected chi connectivity index (χ2v) is 11.8. The van der Waals surface area contributed by atoms with Gasteiger partial charge in [0.05, 0.1) is 28.1 Å². The number of rotatable bonds is 7. The van der Waals surface area contributed by atoms with Crippen molar-refractivity contribution in [3.63, 3.8) is 0 Å². The van der Waals surface area contributed by atoms with Crippen molar-refractivity contribution < 1.29 is 21.2 Å². The van der Waals surface area contributed by atoms with Gasteiger partial charge in [0.25, 0.3) is 10.0 Å². The Kier molecular flexibility index (Phi) is 6.66. The highest BCUT2D eigenvalue weighted by Gasteiger charge is 2.39. The molecule has 0 bridgehead atoms. The SMILES string of the molecule is CCS(=O)(=O)Nc1ccccc1C1=NN(S(=O)(=O)c2ccc(Cl)cc2)[C@H](c2ccccc2F)C1. The zero-order chi connectivity index (χ0) is 24.5. The smallest absolute Gasteiger partial charge is 0.279 e. The van der Waals surface area contributed by atoms with Gasteiger partial charge in [0.1, 0.15) is 5.82 Å². The van der Waals surface area contributed by atoms with Crippen molar-refractivity contribution in [2.24, 2.45) is 5.10 Å². The highest BCUT2D eigenvalue weighted by Crippen LogP contribution is 2.39. The summed E-state index contributed by atoms with van der Waals surface area (Å²) in [4.78, 5) is -0.0526. The normalized spacial score (nSPS) is 16.4. The molecule has 178 valence electrons. The van der Waals surface area contributed by atoms with E-state index in [1.807, 2.05) is 0 Å². The number of nitrogens with one attached hydrogen (secondary N) is 1. The van der Waals surface area contributed by atoms with E-state index in [9.17, 15) is 21.2 Å². The van der Waals surface area contributed by atoms with Gasteiger partial charge >= 0.3 is 0 Å². The Morgan fingerprint density at radius 2 is 1.65 bits per heavy atom. The third kappa shape index (κ3) is 4.79. The summed E-state index contributed by atoms with van der Waals surface area (Å²) in [6.07, 6.45) is 0.0403. The van der Waals surface area contributed by atoms with E-state index in [4.69, 9.17) is 11.6 Å². The van der Waals surface area contributed by atoms with Crippen LogP contribution in [0.5, 0.6) is 0 Å². The van der Waals surface area contributed by atoms with Gasteiger partial charge in [-0.05, 0) is 43.3 Å². The molecule has 1 aliphatic heterocycles. The van der Waals surface area contributed by atoms with Crippen LogP contribution in [0.2, 0.25) is 5.02 Å². The highest BCUT2D eigenvalue weighted by atomic mass is 35.5. The minimum atomic E-state index is -4.18. The van der Waals surface area contributed by atoms with Crippen molar-refractivity contribution >= 4 is 43.0 Å². The molecule has 0 unspecified atom stereocenters. The van der Waals surface area contributed by atoms with Gasteiger partial charge in [0.15, 0.2) is 0 Å². The van der Waals surface area contributed by atoms with Crippen LogP contribution < -0.4 is 4.72 Å². The number of benzene rings is 3. The summed E-state index contributed by atoms with van der Waals surface area (Å²) in [6, 6.07) is 17.1. The third-order valence-electron chi connectivity index (χ3n) is 5.38. The number of hydrazone groups is 1. The Balaban J connectivity index is 1.84. The fourth-order valence-corrected chi connectivity index (χ4v) is 5.84. The Bertz CT molecular complexity index is 1460. The van der Waals surface area contributed by atoms with Crippen molar-refractivity contribution in [2.45, 2.75) is 24.3 Å². The van der Waals surface area contributed by atoms with Crippen LogP contribution in [0.3, 0.4) is 0 Å². The van der Waals surface area contributed by atoms with E-state index in [1.165, 1.54) is 49.4 Å². The first-order valence-electron chi connectivity index (χ1n) is 10.3. The molecule has 0 aliphatic carbocycles. The second kappa shape index (κ2) is 9.36. The van der Waals surface area contributed by atoms with Crippen molar-refractivity contribution in [1.29, 1.82) is 0 Å². The molecule has 1 heterocycles. The van der Waals surface area contributed by atoms with Gasteiger partial charge in [0.2, 0.25) is 10.0 Å². The van der Waals surface area contributed by atoms with E-state index in [0.717, 1.165) is 4.41 Å². The van der Waals surface area contributed by atoms with E-state index in [1.54, 1.807) is 30.3 Å². The average Bonchev–Trinajstić information content (AvgIpc) is 3.26. The lowest BCUT2D eigenvalue weighted by molar-refractivity contribution is 0.362. The maximum atomic E-state index is 14.8. The third-order valence-corrected chi connectivity index (χ3v) is 8.62. The van der Waals surface area contributed by atoms with E-state index >= 15 is 0 Å². The van der Waals surface area contributed by atoms with Crippen LogP contribution in [0, 0.1) is 5.82 Å². The standard InChI is InChI=1S/C23H21ClFN3O4S2/c1-2-33(29,30)27-21-10-6-4-8-19(21)22-15-23(18-7-3-5-9-20(18)25)28(26-22)34(31,32)17-13-11-16(24)12-14-17/h3-14,23,27H,2,15H2,1H3/t23-/m0/s1. The summed E-state index contributed by atoms with van der Waals surface area (Å²) in [5, 5.41) is 4.74. The zero-order valence-corrected chi connectivity index (χ0v) is 20.4. The largest absolute Gasteiger partial charge is 0.283 e. The molecule has 1 atom stereocenters. The molecule has 0 spiro atoms. The van der Waals surface area contributed by atoms with Crippen LogP contribution in [0.15, 0.2) is 82.8 Å². The van der Waals surface area contributed by atoms with Gasteiger partial charge in [-0.3, -0.25) is 4.72 Å². The number of para-hydroxylation sites is 1. The first-order chi connectivity index (χ1) is 16.1. The summed E-state index contributed by atoms with van der Waals surface area (Å²) in [6.45, 7) is 1.51. The van der Waals surface area contributed by atoms with E-state index in [-0.39, 0.29) is 28.3 Å². The molecule has 1 aliphatic rings. The molecule has 34 heavy (non-hydrogen) atoms. The maximum Gasteiger partial charge on any atom is 0.279 e. The topological polar surface area (TPSA) is 95.9 Å². The molecule has 3 aromatic rings. The summed E-state index contributed by atoms with van der Waals surface area (Å²) in [7, 11) is -7.78.